The molecule has 3 amide bonds. The maximum absolute atomic E-state index is 14.1. The number of nitrogens with zero attached hydrogens (tertiary/aromatic N) is 6. The summed E-state index contributed by atoms with van der Waals surface area (Å²) in [5.41, 5.74) is 7.84. The summed E-state index contributed by atoms with van der Waals surface area (Å²) >= 11 is 25.2. The zero-order valence-electron chi connectivity index (χ0n) is 71.7. The van der Waals surface area contributed by atoms with E-state index in [9.17, 15) is 32.8 Å². The van der Waals surface area contributed by atoms with E-state index in [4.69, 9.17) is 56.6 Å². The summed E-state index contributed by atoms with van der Waals surface area (Å²) in [7, 11) is 0. The highest BCUT2D eigenvalue weighted by atomic mass is 79.9. The highest BCUT2D eigenvalue weighted by Crippen LogP contribution is 2.34. The standard InChI is InChI=1S/C14H14BrFN2O.C13H18BrNO2.C13H17NO2.C9H13NO.C8H5Br2FO.C7H13NOS.C6H12N2O.C6H11NO2.C6H11NOS.C4H6Br2O.ClH/c1-14(2)13-17-11(8-18(13)6-7-19-14)9-4-3-5-10(15)12(9)16;1-13(2,14)12(17)15(8-9-16)10-11-6-4-3-5-7-11;1-13(2)12(15)14(8-9-16-13)10-11-6-4-3-5-7-11;11-7-6-10-8-9-4-2-1-3-5-9;9-4-7(12)5-2-1-3-6(10)8(5)11;1-7(2)6(10-3)8-4-5-9-7;1-6(2)5(7)8-3-4-9-6;1-6(2)5(8)7-3-4-9-6;1-6(2)5(9)7-3-4-8-6;1-4(2,6)3(5)7;/h3-5,8H,6-7H2,1-2H3;3-7,16H,8-10H2,1-2H3;3-7H,8-10H2,1-2H3;1-5,10-11H,6-8H2;1-3H,4H2;4-5H2,1-3H3;3-4H2,1-2H3,(H2,7,8);3-4H2,1-2H3,(H,7,8);3-4H2,1-2H3,(H,7,9);1-2H3;1H. The first kappa shape index (κ1) is 111. The number of imidazole rings is 1. The van der Waals surface area contributed by atoms with Crippen LogP contribution in [0.5, 0.6) is 0 Å². The minimum absolute atomic E-state index is 0. The van der Waals surface area contributed by atoms with Gasteiger partial charge >= 0.3 is 0 Å². The van der Waals surface area contributed by atoms with E-state index in [1.165, 1.54) is 11.6 Å². The lowest BCUT2D eigenvalue weighted by atomic mass is 10.1. The molecule has 0 unspecified atom stereocenters. The van der Waals surface area contributed by atoms with E-state index in [-0.39, 0.29) is 87.3 Å². The molecule has 668 valence electrons. The number of ketones is 1. The van der Waals surface area contributed by atoms with E-state index < -0.39 is 31.3 Å². The summed E-state index contributed by atoms with van der Waals surface area (Å²) in [5, 5.41) is 27.6. The van der Waals surface area contributed by atoms with Gasteiger partial charge < -0.3 is 74.7 Å². The number of thioether (sulfide) groups is 1. The number of nitrogens with one attached hydrogen (secondary N) is 3. The van der Waals surface area contributed by atoms with Crippen LogP contribution in [0.4, 0.5) is 8.78 Å². The largest absolute Gasteiger partial charge is 0.395 e. The van der Waals surface area contributed by atoms with Gasteiger partial charge in [0.25, 0.3) is 11.8 Å². The summed E-state index contributed by atoms with van der Waals surface area (Å²) in [6.07, 6.45) is 3.93. The first-order valence-electron chi connectivity index (χ1n) is 38.7. The molecule has 3 fully saturated rings. The number of hydrogen-bond acceptors (Lipinski definition) is 20. The number of halogens is 9. The summed E-state index contributed by atoms with van der Waals surface area (Å²) in [6, 6.07) is 39.8. The summed E-state index contributed by atoms with van der Waals surface area (Å²) < 4.78 is 61.6. The van der Waals surface area contributed by atoms with Gasteiger partial charge in [-0.3, -0.25) is 34.0 Å². The van der Waals surface area contributed by atoms with Gasteiger partial charge in [0.05, 0.1) is 105 Å². The Kier molecular flexibility index (Phi) is 50.2. The lowest BCUT2D eigenvalue weighted by molar-refractivity contribution is -0.166. The number of nitrogens with two attached hydrogens (primary N) is 1. The Labute approximate surface area is 774 Å². The van der Waals surface area contributed by atoms with E-state index in [1.807, 2.05) is 176 Å². The molecule has 6 aromatic rings. The Hall–Kier alpha value is -4.89. The highest BCUT2D eigenvalue weighted by Gasteiger charge is 2.38. The Balaban J connectivity index is 0.000000458. The van der Waals surface area contributed by atoms with Crippen LogP contribution in [0.25, 0.3) is 11.3 Å². The number of aliphatic hydroxyl groups excluding tert-OH is 2. The second-order valence-corrected chi connectivity index (χ2v) is 39.1. The van der Waals surface area contributed by atoms with Gasteiger partial charge in [-0.25, -0.2) is 13.8 Å². The van der Waals surface area contributed by atoms with Crippen LogP contribution >= 0.6 is 132 Å². The van der Waals surface area contributed by atoms with Crippen LogP contribution in [0.1, 0.15) is 144 Å². The van der Waals surface area contributed by atoms with Gasteiger partial charge in [0.15, 0.2) is 5.78 Å². The van der Waals surface area contributed by atoms with Crippen molar-refractivity contribution in [2.45, 2.75) is 179 Å². The highest BCUT2D eigenvalue weighted by molar-refractivity contribution is 9.20. The number of amides is 3. The SMILES string of the molecule is CC(C)(Br)C(=O)Br.CC(C)(Br)C(=O)N(CCO)Cc1ccccc1.CC1(C)OCCN(Cc2ccccc2)C1=O.CC1(C)OCCN=C1N.CC1(C)OCCNC1=O.CC1(C)OCCNC1=S.CC1(C)OCCn2cc(-c3cccc(Br)c3F)nc21.CSC1=NCCOC1(C)C.Cl.O=C(CBr)c1cccc(Br)c1F.OCCNCc1ccccc1. The minimum atomic E-state index is -0.674. The summed E-state index contributed by atoms with van der Waals surface area (Å²) in [6.45, 7) is 42.0. The van der Waals surface area contributed by atoms with Crippen LogP contribution in [-0.2, 0) is 79.4 Å². The van der Waals surface area contributed by atoms with Gasteiger partial charge in [-0.15, -0.1) is 24.2 Å². The number of fused-ring (bicyclic) bond motifs is 1. The van der Waals surface area contributed by atoms with E-state index in [0.717, 1.165) is 66.4 Å². The van der Waals surface area contributed by atoms with E-state index in [1.54, 1.807) is 68.6 Å². The average molecular weight is 2120 g/mol. The van der Waals surface area contributed by atoms with Crippen molar-refractivity contribution in [2.75, 3.05) is 110 Å². The van der Waals surface area contributed by atoms with Crippen molar-refractivity contribution in [3.05, 3.63) is 182 Å². The monoisotopic (exact) mass is 2110 g/mol. The molecule has 0 spiro atoms. The quantitative estimate of drug-likeness (QED) is 0.0183. The molecule has 0 saturated carbocycles. The molecule has 7 heterocycles. The predicted molar refractivity (Wildman–Crippen MR) is 506 cm³/mol. The first-order chi connectivity index (χ1) is 55.6. The number of thiocarbonyl (C=S) groups is 1. The van der Waals surface area contributed by atoms with Gasteiger partial charge in [-0.1, -0.05) is 163 Å². The molecule has 120 heavy (non-hydrogen) atoms. The minimum Gasteiger partial charge on any atom is -0.395 e. The number of morpholine rings is 3. The zero-order chi connectivity index (χ0) is 89.6. The van der Waals surface area contributed by atoms with Crippen LogP contribution < -0.4 is 21.7 Å². The number of benzene rings is 5. The van der Waals surface area contributed by atoms with E-state index in [0.29, 0.717) is 98.3 Å². The van der Waals surface area contributed by atoms with Crippen molar-refractivity contribution in [2.24, 2.45) is 15.7 Å². The van der Waals surface area contributed by atoms with Gasteiger partial charge in [0.2, 0.25) is 10.6 Å². The molecule has 0 aliphatic carbocycles. The lowest BCUT2D eigenvalue weighted by Crippen LogP contribution is -2.52. The van der Waals surface area contributed by atoms with Crippen LogP contribution in [0.3, 0.4) is 0 Å². The van der Waals surface area contributed by atoms with Crippen LogP contribution in [0.15, 0.2) is 153 Å². The summed E-state index contributed by atoms with van der Waals surface area (Å²) in [4.78, 5) is 73.8. The van der Waals surface area contributed by atoms with E-state index >= 15 is 0 Å². The second-order valence-electron chi connectivity index (χ2n) is 31.0. The Morgan fingerprint density at radius 2 is 1.12 bits per heavy atom. The number of aromatic nitrogens is 2. The molecule has 3 saturated heterocycles. The van der Waals surface area contributed by atoms with Gasteiger partial charge in [-0.2, -0.15) is 0 Å². The number of rotatable bonds is 15. The van der Waals surface area contributed by atoms with Gasteiger partial charge in [0.1, 0.15) is 61.9 Å². The molecule has 7 N–H and O–H groups in total. The van der Waals surface area contributed by atoms with Crippen LogP contribution in [-0.4, -0.2) is 221 Å². The first-order valence-corrected chi connectivity index (χ1v) is 45.4. The topological polar surface area (TPSA) is 292 Å². The lowest BCUT2D eigenvalue weighted by Gasteiger charge is -2.37. The number of hydrogen-bond donors (Lipinski definition) is 6. The molecule has 0 bridgehead atoms. The number of carbonyl (C=O) groups excluding carboxylic acids is 5. The van der Waals surface area contributed by atoms with Crippen molar-refractivity contribution in [1.29, 1.82) is 0 Å². The molecule has 0 atom stereocenters. The Morgan fingerprint density at radius 1 is 0.625 bits per heavy atom. The number of aliphatic hydroxyl groups is 2. The molecule has 0 radical (unpaired) electrons. The molecule has 34 heteroatoms. The van der Waals surface area contributed by atoms with Crippen molar-refractivity contribution >= 4 is 176 Å². The molecule has 5 aromatic carbocycles. The van der Waals surface area contributed by atoms with Crippen LogP contribution in [0.2, 0.25) is 0 Å². The third-order valence-corrected chi connectivity index (χ3v) is 23.2. The number of aliphatic imine (C=N–C) groups is 2. The molecule has 6 aliphatic rings. The molecule has 23 nitrogen and oxygen atoms in total. The number of carbonyl (C=O) groups is 5. The summed E-state index contributed by atoms with van der Waals surface area (Å²) in [5.74, 6) is 0.445. The molecular formula is C86H121Br6ClF2N10O13S2. The van der Waals surface area contributed by atoms with Gasteiger partial charge in [-0.05, 0) is 206 Å². The Morgan fingerprint density at radius 3 is 1.56 bits per heavy atom. The van der Waals surface area contributed by atoms with E-state index in [2.05, 4.69) is 152 Å². The predicted octanol–water partition coefficient (Wildman–Crippen LogP) is 16.5. The fourth-order valence-corrected chi connectivity index (χ4v) is 13.0. The molecule has 1 aromatic heterocycles. The number of amidine groups is 1. The maximum atomic E-state index is 14.1. The number of Topliss-reactive ketones (excluding diaryl/α,β-unsaturated/α-hetero) is 1. The van der Waals surface area contributed by atoms with Crippen molar-refractivity contribution in [1.82, 2.24) is 35.3 Å². The smallest absolute Gasteiger partial charge is 0.254 e. The molecule has 12 rings (SSSR count). The zero-order valence-corrected chi connectivity index (χ0v) is 83.7. The van der Waals surface area contributed by atoms with Crippen molar-refractivity contribution < 1.29 is 71.4 Å². The van der Waals surface area contributed by atoms with Gasteiger partial charge in [0, 0.05) is 70.7 Å². The van der Waals surface area contributed by atoms with Crippen LogP contribution in [0, 0.1) is 11.6 Å². The fraction of sp³-hybridized carbons (Fsp3) is 0.523. The van der Waals surface area contributed by atoms with Crippen molar-refractivity contribution in [3.63, 3.8) is 0 Å². The number of ether oxygens (including phenoxy) is 6. The number of alkyl halides is 3. The average Bonchev–Trinajstić information content (AvgIpc) is 1.62. The molecular weight excluding hydrogens is 2000 g/mol. The second kappa shape index (κ2) is 54.2. The maximum Gasteiger partial charge on any atom is 0.254 e. The Bertz CT molecular complexity index is 4170. The third-order valence-electron chi connectivity index (χ3n) is 17.6. The normalized spacial score (nSPS) is 17.3. The third kappa shape index (κ3) is 39.8. The fourth-order valence-electron chi connectivity index (χ4n) is 10.8. The molecule has 6 aliphatic heterocycles. The van der Waals surface area contributed by atoms with Crippen molar-refractivity contribution in [3.8, 4) is 11.3 Å².